The van der Waals surface area contributed by atoms with Gasteiger partial charge in [0.2, 0.25) is 0 Å². The number of imidazole rings is 1. The Bertz CT molecular complexity index is 1440. The second-order valence-corrected chi connectivity index (χ2v) is 8.57. The molecule has 4 aromatic rings. The molecule has 1 amide bonds. The molecule has 1 N–H and O–H groups in total. The van der Waals surface area contributed by atoms with Crippen LogP contribution in [0.2, 0.25) is 0 Å². The van der Waals surface area contributed by atoms with Crippen molar-refractivity contribution < 1.29 is 18.3 Å². The molecular formula is C25H23F2N5O3. The number of hydrogen-bond donors (Lipinski definition) is 1. The van der Waals surface area contributed by atoms with Gasteiger partial charge < -0.3 is 19.0 Å². The number of carbonyl (C=O) groups excluding carboxylic acids is 1. The van der Waals surface area contributed by atoms with Crippen LogP contribution in [0.5, 0.6) is 5.75 Å². The summed E-state index contributed by atoms with van der Waals surface area (Å²) in [6.07, 6.45) is 4.66. The first kappa shape index (κ1) is 22.7. The second kappa shape index (κ2) is 9.28. The fourth-order valence-electron chi connectivity index (χ4n) is 3.80. The molecule has 0 aliphatic heterocycles. The quantitative estimate of drug-likeness (QED) is 0.399. The Hall–Kier alpha value is -4.08. The van der Waals surface area contributed by atoms with Crippen molar-refractivity contribution >= 4 is 17.2 Å². The van der Waals surface area contributed by atoms with Gasteiger partial charge in [-0.1, -0.05) is 12.1 Å². The molecule has 35 heavy (non-hydrogen) atoms. The minimum absolute atomic E-state index is 0.137. The highest BCUT2D eigenvalue weighted by atomic mass is 19.3. The molecule has 180 valence electrons. The number of aromatic nitrogens is 4. The van der Waals surface area contributed by atoms with E-state index in [0.29, 0.717) is 23.0 Å². The number of hydrogen-bond acceptors (Lipinski definition) is 5. The summed E-state index contributed by atoms with van der Waals surface area (Å²) in [6.45, 7) is 2.00. The van der Waals surface area contributed by atoms with Gasteiger partial charge >= 0.3 is 0 Å². The van der Waals surface area contributed by atoms with Crippen molar-refractivity contribution in [3.63, 3.8) is 0 Å². The van der Waals surface area contributed by atoms with E-state index >= 15 is 0 Å². The molecule has 0 bridgehead atoms. The molecule has 0 aromatic carbocycles. The Labute approximate surface area is 199 Å². The monoisotopic (exact) mass is 479 g/mol. The van der Waals surface area contributed by atoms with Crippen LogP contribution in [-0.4, -0.2) is 31.4 Å². The van der Waals surface area contributed by atoms with E-state index in [1.807, 2.05) is 13.1 Å². The number of amides is 1. The summed E-state index contributed by atoms with van der Waals surface area (Å²) in [5, 5.41) is 2.73. The number of nitrogens with one attached hydrogen (secondary N) is 1. The van der Waals surface area contributed by atoms with Crippen molar-refractivity contribution in [2.45, 2.75) is 38.2 Å². The van der Waals surface area contributed by atoms with Gasteiger partial charge in [0.15, 0.2) is 0 Å². The Kier molecular flexibility index (Phi) is 6.02. The van der Waals surface area contributed by atoms with Crippen molar-refractivity contribution in [1.82, 2.24) is 18.9 Å². The summed E-state index contributed by atoms with van der Waals surface area (Å²) < 4.78 is 35.5. The molecular weight excluding hydrogens is 456 g/mol. The number of fused-ring (bicyclic) bond motifs is 1. The number of anilines is 1. The topological polar surface area (TPSA) is 90.5 Å². The number of rotatable bonds is 8. The van der Waals surface area contributed by atoms with Crippen LogP contribution in [0.25, 0.3) is 5.65 Å². The zero-order valence-corrected chi connectivity index (χ0v) is 18.9. The highest BCUT2D eigenvalue weighted by molar-refractivity contribution is 6.03. The van der Waals surface area contributed by atoms with E-state index in [1.54, 1.807) is 39.6 Å². The fourth-order valence-corrected chi connectivity index (χ4v) is 3.80. The smallest absolute Gasteiger partial charge is 0.280 e. The molecule has 0 radical (unpaired) electrons. The van der Waals surface area contributed by atoms with Gasteiger partial charge in [-0.25, -0.2) is 18.7 Å². The molecule has 8 nitrogen and oxygen atoms in total. The molecule has 0 unspecified atom stereocenters. The predicted molar refractivity (Wildman–Crippen MR) is 125 cm³/mol. The second-order valence-electron chi connectivity index (χ2n) is 8.57. The first-order chi connectivity index (χ1) is 16.9. The number of ether oxygens (including phenoxy) is 1. The highest BCUT2D eigenvalue weighted by Crippen LogP contribution is 2.40. The van der Waals surface area contributed by atoms with Crippen molar-refractivity contribution in [2.75, 3.05) is 11.9 Å². The van der Waals surface area contributed by atoms with Gasteiger partial charge in [0.05, 0.1) is 11.7 Å². The van der Waals surface area contributed by atoms with Crippen LogP contribution in [0.1, 0.15) is 60.0 Å². The third-order valence-electron chi connectivity index (χ3n) is 5.85. The molecule has 0 saturated heterocycles. The van der Waals surface area contributed by atoms with Crippen molar-refractivity contribution in [2.24, 2.45) is 0 Å². The average Bonchev–Trinajstić information content (AvgIpc) is 3.62. The summed E-state index contributed by atoms with van der Waals surface area (Å²) >= 11 is 0. The number of pyridine rings is 3. The lowest BCUT2D eigenvalue weighted by molar-refractivity contribution is 0.101. The fraction of sp³-hybridized carbons (Fsp3) is 0.280. The molecule has 4 heterocycles. The number of nitrogens with zero attached hydrogens (tertiary/aromatic N) is 4. The van der Waals surface area contributed by atoms with Gasteiger partial charge in [-0.15, -0.1) is 0 Å². The summed E-state index contributed by atoms with van der Waals surface area (Å²) in [5.41, 5.74) is 1.19. The highest BCUT2D eigenvalue weighted by Gasteiger charge is 2.26. The van der Waals surface area contributed by atoms with E-state index in [2.05, 4.69) is 15.3 Å². The Morgan fingerprint density at radius 1 is 1.17 bits per heavy atom. The largest absolute Gasteiger partial charge is 0.489 e. The zero-order chi connectivity index (χ0) is 24.5. The molecule has 4 aromatic heterocycles. The first-order valence-corrected chi connectivity index (χ1v) is 11.3. The first-order valence-electron chi connectivity index (χ1n) is 11.3. The summed E-state index contributed by atoms with van der Waals surface area (Å²) in [5.74, 6) is 0.134. The van der Waals surface area contributed by atoms with Gasteiger partial charge in [-0.3, -0.25) is 9.59 Å². The van der Waals surface area contributed by atoms with Crippen molar-refractivity contribution in [1.29, 1.82) is 0 Å². The van der Waals surface area contributed by atoms with Crippen LogP contribution >= 0.6 is 0 Å². The van der Waals surface area contributed by atoms with Crippen LogP contribution in [0, 0.1) is 0 Å². The Morgan fingerprint density at radius 2 is 2.00 bits per heavy atom. The van der Waals surface area contributed by atoms with E-state index in [4.69, 9.17) is 4.74 Å². The number of alkyl halides is 2. The molecule has 1 fully saturated rings. The van der Waals surface area contributed by atoms with Crippen LogP contribution < -0.4 is 15.6 Å². The molecule has 1 aliphatic carbocycles. The maximum absolute atomic E-state index is 13.0. The van der Waals surface area contributed by atoms with E-state index in [-0.39, 0.29) is 23.9 Å². The Morgan fingerprint density at radius 3 is 2.74 bits per heavy atom. The third-order valence-corrected chi connectivity index (χ3v) is 5.85. The summed E-state index contributed by atoms with van der Waals surface area (Å²) in [4.78, 5) is 33.4. The van der Waals surface area contributed by atoms with Crippen molar-refractivity contribution in [3.8, 4) is 5.75 Å². The maximum atomic E-state index is 13.0. The lowest BCUT2D eigenvalue weighted by atomic mass is 10.2. The van der Waals surface area contributed by atoms with Gasteiger partial charge in [-0.2, -0.15) is 0 Å². The van der Waals surface area contributed by atoms with Crippen LogP contribution in [0.15, 0.2) is 65.8 Å². The summed E-state index contributed by atoms with van der Waals surface area (Å²) in [7, 11) is 0. The van der Waals surface area contributed by atoms with Crippen LogP contribution in [0.3, 0.4) is 0 Å². The van der Waals surface area contributed by atoms with Gasteiger partial charge in [0.1, 0.15) is 35.1 Å². The SMILES string of the molecule is C[C@H](COc1cc2nc(C3CC3)cn2cc1NC(=O)c1cccc(C(F)F)n1)n1ccccc1=O. The molecule has 5 rings (SSSR count). The van der Waals surface area contributed by atoms with E-state index in [1.165, 1.54) is 24.3 Å². The van der Waals surface area contributed by atoms with E-state index in [9.17, 15) is 18.4 Å². The molecule has 0 spiro atoms. The minimum atomic E-state index is -2.78. The number of carbonyl (C=O) groups is 1. The van der Waals surface area contributed by atoms with Gasteiger partial charge in [0.25, 0.3) is 17.9 Å². The standard InChI is InChI=1S/C25H23F2N5O3/c1-15(32-10-3-2-7-23(32)33)14-35-21-11-22-29-19(16-8-9-16)12-31(22)13-20(21)30-25(34)18-6-4-5-17(28-18)24(26)27/h2-7,10-13,15-16,24H,8-9,14H2,1H3,(H,30,34)/t15-/m1/s1. The van der Waals surface area contributed by atoms with Crippen LogP contribution in [-0.2, 0) is 0 Å². The van der Waals surface area contributed by atoms with E-state index < -0.39 is 18.0 Å². The van der Waals surface area contributed by atoms with Gasteiger partial charge in [-0.05, 0) is 38.0 Å². The normalized spacial score (nSPS) is 14.3. The van der Waals surface area contributed by atoms with E-state index in [0.717, 1.165) is 18.5 Å². The van der Waals surface area contributed by atoms with Crippen LogP contribution in [0.4, 0.5) is 14.5 Å². The zero-order valence-electron chi connectivity index (χ0n) is 18.9. The lowest BCUT2D eigenvalue weighted by Crippen LogP contribution is -2.25. The molecule has 1 atom stereocenters. The Balaban J connectivity index is 1.44. The molecule has 1 saturated carbocycles. The minimum Gasteiger partial charge on any atom is -0.489 e. The number of halogens is 2. The molecule has 10 heteroatoms. The average molecular weight is 479 g/mol. The molecule has 1 aliphatic rings. The lowest BCUT2D eigenvalue weighted by Gasteiger charge is -2.18. The predicted octanol–water partition coefficient (Wildman–Crippen LogP) is 4.60. The van der Waals surface area contributed by atoms with Crippen molar-refractivity contribution in [3.05, 3.63) is 88.5 Å². The van der Waals surface area contributed by atoms with Gasteiger partial charge in [0, 0.05) is 36.6 Å². The summed E-state index contributed by atoms with van der Waals surface area (Å²) in [6, 6.07) is 10.2. The third kappa shape index (κ3) is 4.91. The maximum Gasteiger partial charge on any atom is 0.280 e.